The number of aryl methyl sites for hydroxylation is 2. The van der Waals surface area contributed by atoms with E-state index in [9.17, 15) is 0 Å². The van der Waals surface area contributed by atoms with E-state index in [1.54, 1.807) is 11.1 Å². The van der Waals surface area contributed by atoms with Crippen LogP contribution in [0.4, 0.5) is 0 Å². The number of aromatic nitrogens is 4. The van der Waals surface area contributed by atoms with E-state index in [1.807, 2.05) is 22.7 Å². The van der Waals surface area contributed by atoms with E-state index in [2.05, 4.69) is 84.9 Å². The summed E-state index contributed by atoms with van der Waals surface area (Å²) in [5, 5.41) is 0. The SMILES string of the molecule is CCCCCCC1(CCCCCC)c2cc3c(cc2-c2c1cc(C)c1nsnc21)C(CCCCCC)(CCCCCC)c1cc(-c2cc4c(s2)-c2sc(C)cc2C4C)c2nsnc2c1-3. The quantitative estimate of drug-likeness (QED) is 0.0674. The van der Waals surface area contributed by atoms with E-state index >= 15 is 0 Å². The van der Waals surface area contributed by atoms with Crippen LogP contribution in [0.15, 0.2) is 36.4 Å². The molecule has 4 aromatic heterocycles. The Kier molecular flexibility index (Phi) is 12.8. The molecule has 3 aliphatic carbocycles. The number of nitrogens with zero attached hydrogens (tertiary/aromatic N) is 4. The molecule has 0 saturated heterocycles. The number of rotatable bonds is 21. The minimum Gasteiger partial charge on any atom is -0.173 e. The van der Waals surface area contributed by atoms with Crippen molar-refractivity contribution in [3.05, 3.63) is 80.2 Å². The first-order chi connectivity index (χ1) is 31.3. The lowest BCUT2D eigenvalue weighted by Crippen LogP contribution is -2.27. The lowest BCUT2D eigenvalue weighted by atomic mass is 9.68. The summed E-state index contributed by atoms with van der Waals surface area (Å²) in [6.07, 6.45) is 25.0. The molecule has 8 heteroatoms. The molecule has 3 aromatic carbocycles. The molecule has 0 amide bonds. The molecule has 10 rings (SSSR count). The molecule has 0 radical (unpaired) electrons. The van der Waals surface area contributed by atoms with Gasteiger partial charge in [0, 0.05) is 52.9 Å². The molecule has 336 valence electrons. The average Bonchev–Trinajstić information content (AvgIpc) is 4.17. The third kappa shape index (κ3) is 7.20. The average molecular weight is 925 g/mol. The standard InChI is InChI=1S/C56H68N4S4/c1-8-12-16-20-24-55(25-21-17-13-9-2)42-31-40-43(30-39(42)47-44(55)28-34(5)49-51(47)59-63-57-49)56(26-22-18-14-10-3,27-23-19-15-11-4)45-32-41(50-52(48(40)45)60-64-58-50)46-33-38-36(7)37-29-35(6)61-53(37)54(38)62-46/h28-33,36H,8-27H2,1-7H3. The highest BCUT2D eigenvalue weighted by Gasteiger charge is 2.50. The molecule has 3 aliphatic rings. The summed E-state index contributed by atoms with van der Waals surface area (Å²) >= 11 is 6.79. The highest BCUT2D eigenvalue weighted by atomic mass is 32.1. The van der Waals surface area contributed by atoms with Gasteiger partial charge in [0.25, 0.3) is 0 Å². The fourth-order valence-corrected chi connectivity index (χ4v) is 16.3. The van der Waals surface area contributed by atoms with Crippen LogP contribution in [0.2, 0.25) is 0 Å². The first kappa shape index (κ1) is 44.5. The van der Waals surface area contributed by atoms with E-state index in [4.69, 9.17) is 17.5 Å². The maximum Gasteiger partial charge on any atom is 0.114 e. The number of unbranched alkanes of at least 4 members (excludes halogenated alkanes) is 12. The van der Waals surface area contributed by atoms with Crippen molar-refractivity contribution in [1.82, 2.24) is 17.5 Å². The van der Waals surface area contributed by atoms with Gasteiger partial charge in [0.2, 0.25) is 0 Å². The van der Waals surface area contributed by atoms with Gasteiger partial charge < -0.3 is 0 Å². The van der Waals surface area contributed by atoms with Gasteiger partial charge in [-0.3, -0.25) is 0 Å². The van der Waals surface area contributed by atoms with Crippen molar-refractivity contribution in [2.24, 2.45) is 0 Å². The Bertz CT molecular complexity index is 2790. The van der Waals surface area contributed by atoms with Crippen molar-refractivity contribution >= 4 is 68.2 Å². The van der Waals surface area contributed by atoms with Gasteiger partial charge in [0.05, 0.1) is 23.5 Å². The maximum absolute atomic E-state index is 5.35. The summed E-state index contributed by atoms with van der Waals surface area (Å²) in [6, 6.07) is 15.7. The van der Waals surface area contributed by atoms with Gasteiger partial charge >= 0.3 is 0 Å². The van der Waals surface area contributed by atoms with Crippen LogP contribution in [0.5, 0.6) is 0 Å². The highest BCUT2D eigenvalue weighted by Crippen LogP contribution is 2.64. The van der Waals surface area contributed by atoms with Crippen molar-refractivity contribution in [3.63, 3.8) is 0 Å². The molecule has 7 aromatic rings. The molecular formula is C56H68N4S4. The normalized spacial score (nSPS) is 16.1. The smallest absolute Gasteiger partial charge is 0.114 e. The van der Waals surface area contributed by atoms with E-state index in [0.717, 1.165) is 22.1 Å². The zero-order chi connectivity index (χ0) is 44.2. The van der Waals surface area contributed by atoms with Crippen molar-refractivity contribution in [3.8, 4) is 42.4 Å². The first-order valence-electron chi connectivity index (χ1n) is 25.3. The zero-order valence-electron chi connectivity index (χ0n) is 39.6. The van der Waals surface area contributed by atoms with E-state index in [-0.39, 0.29) is 10.8 Å². The van der Waals surface area contributed by atoms with Crippen LogP contribution in [-0.2, 0) is 10.8 Å². The fraction of sp³-hybridized carbons (Fsp3) is 0.536. The van der Waals surface area contributed by atoms with E-state index < -0.39 is 0 Å². The second-order valence-corrected chi connectivity index (χ2v) is 23.4. The largest absolute Gasteiger partial charge is 0.173 e. The van der Waals surface area contributed by atoms with Crippen LogP contribution in [0.25, 0.3) is 64.5 Å². The van der Waals surface area contributed by atoms with Gasteiger partial charge in [0.15, 0.2) is 0 Å². The van der Waals surface area contributed by atoms with Crippen LogP contribution in [-0.4, -0.2) is 17.5 Å². The zero-order valence-corrected chi connectivity index (χ0v) is 42.9. The van der Waals surface area contributed by atoms with Crippen LogP contribution in [0.3, 0.4) is 0 Å². The van der Waals surface area contributed by atoms with Crippen molar-refractivity contribution in [2.75, 3.05) is 0 Å². The summed E-state index contributed by atoms with van der Waals surface area (Å²) in [5.74, 6) is 0.427. The predicted molar refractivity (Wildman–Crippen MR) is 279 cm³/mol. The predicted octanol–water partition coefficient (Wildman–Crippen LogP) is 18.6. The fourth-order valence-electron chi connectivity index (χ4n) is 12.6. The minimum absolute atomic E-state index is 0.0516. The molecule has 64 heavy (non-hydrogen) atoms. The van der Waals surface area contributed by atoms with E-state index in [0.29, 0.717) is 5.92 Å². The highest BCUT2D eigenvalue weighted by molar-refractivity contribution is 7.24. The molecule has 0 N–H and O–H groups in total. The molecule has 0 saturated carbocycles. The molecule has 4 nitrogen and oxygen atoms in total. The summed E-state index contributed by atoms with van der Waals surface area (Å²) in [4.78, 5) is 5.74. The number of hydrogen-bond acceptors (Lipinski definition) is 8. The molecule has 0 bridgehead atoms. The van der Waals surface area contributed by atoms with Crippen molar-refractivity contribution in [1.29, 1.82) is 0 Å². The van der Waals surface area contributed by atoms with Crippen LogP contribution in [0.1, 0.15) is 213 Å². The topological polar surface area (TPSA) is 51.6 Å². The minimum atomic E-state index is -0.100. The molecule has 1 atom stereocenters. The molecule has 0 spiro atoms. The Morgan fingerprint density at radius 1 is 0.453 bits per heavy atom. The number of fused-ring (bicyclic) bond motifs is 13. The van der Waals surface area contributed by atoms with Gasteiger partial charge in [-0.25, -0.2) is 0 Å². The molecule has 4 heterocycles. The summed E-state index contributed by atoms with van der Waals surface area (Å²) < 4.78 is 20.7. The lowest BCUT2D eigenvalue weighted by Gasteiger charge is -2.35. The second-order valence-electron chi connectivity index (χ2n) is 20.0. The van der Waals surface area contributed by atoms with Crippen LogP contribution < -0.4 is 0 Å². The molecule has 0 aliphatic heterocycles. The molecule has 0 fully saturated rings. The third-order valence-corrected chi connectivity index (χ3v) is 19.4. The lowest BCUT2D eigenvalue weighted by molar-refractivity contribution is 0.397. The second kappa shape index (κ2) is 18.4. The number of benzene rings is 3. The Balaban J connectivity index is 1.23. The summed E-state index contributed by atoms with van der Waals surface area (Å²) in [6.45, 7) is 16.4. The summed E-state index contributed by atoms with van der Waals surface area (Å²) in [5.41, 5.74) is 21.8. The maximum atomic E-state index is 5.35. The molecular weight excluding hydrogens is 857 g/mol. The van der Waals surface area contributed by atoms with Crippen LogP contribution in [0, 0.1) is 13.8 Å². The van der Waals surface area contributed by atoms with E-state index in [1.165, 1.54) is 227 Å². The summed E-state index contributed by atoms with van der Waals surface area (Å²) in [7, 11) is 0. The van der Waals surface area contributed by atoms with Gasteiger partial charge in [0.1, 0.15) is 22.1 Å². The van der Waals surface area contributed by atoms with Crippen LogP contribution >= 0.6 is 46.1 Å². The van der Waals surface area contributed by atoms with Gasteiger partial charge in [-0.1, -0.05) is 143 Å². The Morgan fingerprint density at radius 2 is 0.891 bits per heavy atom. The van der Waals surface area contributed by atoms with Gasteiger partial charge in [-0.2, -0.15) is 17.5 Å². The number of thiophene rings is 2. The first-order valence-corrected chi connectivity index (χ1v) is 28.4. The van der Waals surface area contributed by atoms with Crippen molar-refractivity contribution < 1.29 is 0 Å². The number of hydrogen-bond donors (Lipinski definition) is 0. The van der Waals surface area contributed by atoms with Gasteiger partial charge in [-0.15, -0.1) is 22.7 Å². The monoisotopic (exact) mass is 924 g/mol. The molecule has 1 unspecified atom stereocenters. The van der Waals surface area contributed by atoms with Crippen molar-refractivity contribution in [2.45, 2.75) is 194 Å². The Labute approximate surface area is 399 Å². The Morgan fingerprint density at radius 3 is 1.42 bits per heavy atom. The Hall–Kier alpha value is -3.30. The third-order valence-electron chi connectivity index (χ3n) is 15.9. The van der Waals surface area contributed by atoms with Gasteiger partial charge in [-0.05, 0) is 120 Å².